The number of hydrogen-bond acceptors (Lipinski definition) is 4. The molecule has 0 fully saturated rings. The van der Waals surface area contributed by atoms with Crippen molar-refractivity contribution in [3.05, 3.63) is 53.5 Å². The van der Waals surface area contributed by atoms with Gasteiger partial charge >= 0.3 is 0 Å². The van der Waals surface area contributed by atoms with E-state index in [2.05, 4.69) is 15.4 Å². The quantitative estimate of drug-likeness (QED) is 0.504. The van der Waals surface area contributed by atoms with Gasteiger partial charge in [-0.1, -0.05) is 0 Å². The maximum atomic E-state index is 13.1. The van der Waals surface area contributed by atoms with Gasteiger partial charge in [0.15, 0.2) is 5.65 Å². The lowest BCUT2D eigenvalue weighted by molar-refractivity contribution is -0.131. The third-order valence-corrected chi connectivity index (χ3v) is 5.79. The third kappa shape index (κ3) is 3.84. The topological polar surface area (TPSA) is 85.1 Å². The van der Waals surface area contributed by atoms with Crippen molar-refractivity contribution < 1.29 is 9.59 Å². The first kappa shape index (κ1) is 21.5. The highest BCUT2D eigenvalue weighted by molar-refractivity contribution is 6.13. The van der Waals surface area contributed by atoms with E-state index in [1.54, 1.807) is 10.7 Å². The molecular weight excluding hydrogens is 404 g/mol. The summed E-state index contributed by atoms with van der Waals surface area (Å²) < 4.78 is 3.64. The number of nitrogens with one attached hydrogen (secondary N) is 1. The van der Waals surface area contributed by atoms with Gasteiger partial charge in [0.05, 0.1) is 16.6 Å². The lowest BCUT2D eigenvalue weighted by Gasteiger charge is -2.19. The van der Waals surface area contributed by atoms with E-state index < -0.39 is 0 Å². The van der Waals surface area contributed by atoms with Gasteiger partial charge in [0.2, 0.25) is 5.91 Å². The lowest BCUT2D eigenvalue weighted by atomic mass is 10.1. The summed E-state index contributed by atoms with van der Waals surface area (Å²) in [6, 6.07) is 9.47. The standard InChI is InChI=1S/C24H28N6O2/c1-6-29(7-2)21(31)14-30-11-10-17-13-18(8-9-20(17)30)26-24(32)19-12-15(3)25-23-22(19)16(4)27-28(23)5/h8-13H,6-7,14H2,1-5H3,(H,26,32). The summed E-state index contributed by atoms with van der Waals surface area (Å²) in [6.07, 6.45) is 1.91. The number of carbonyl (C=O) groups excluding carboxylic acids is 2. The van der Waals surface area contributed by atoms with Crippen molar-refractivity contribution in [3.8, 4) is 0 Å². The van der Waals surface area contributed by atoms with E-state index in [0.717, 1.165) is 27.7 Å². The van der Waals surface area contributed by atoms with Crippen LogP contribution in [-0.2, 0) is 18.4 Å². The Labute approximate surface area is 186 Å². The first-order valence-corrected chi connectivity index (χ1v) is 10.8. The molecule has 3 aromatic heterocycles. The number of aromatic nitrogens is 4. The second-order valence-electron chi connectivity index (χ2n) is 7.96. The predicted molar refractivity (Wildman–Crippen MR) is 126 cm³/mol. The average Bonchev–Trinajstić information content (AvgIpc) is 3.28. The van der Waals surface area contributed by atoms with Crippen LogP contribution in [0.15, 0.2) is 36.5 Å². The van der Waals surface area contributed by atoms with Crippen molar-refractivity contribution in [1.82, 2.24) is 24.2 Å². The van der Waals surface area contributed by atoms with Gasteiger partial charge in [-0.2, -0.15) is 5.10 Å². The first-order valence-electron chi connectivity index (χ1n) is 10.8. The van der Waals surface area contributed by atoms with Gasteiger partial charge in [-0.25, -0.2) is 4.98 Å². The van der Waals surface area contributed by atoms with E-state index in [-0.39, 0.29) is 11.8 Å². The molecule has 0 atom stereocenters. The Bertz CT molecular complexity index is 1330. The minimum atomic E-state index is -0.202. The fourth-order valence-corrected chi connectivity index (χ4v) is 4.19. The van der Waals surface area contributed by atoms with E-state index in [1.165, 1.54) is 0 Å². The molecule has 0 spiro atoms. The number of carbonyl (C=O) groups is 2. The largest absolute Gasteiger partial charge is 0.342 e. The number of aryl methyl sites for hydroxylation is 3. The summed E-state index contributed by atoms with van der Waals surface area (Å²) in [7, 11) is 1.83. The molecule has 0 aliphatic carbocycles. The molecule has 32 heavy (non-hydrogen) atoms. The fourth-order valence-electron chi connectivity index (χ4n) is 4.19. The third-order valence-electron chi connectivity index (χ3n) is 5.79. The van der Waals surface area contributed by atoms with Crippen LogP contribution in [0.3, 0.4) is 0 Å². The summed E-state index contributed by atoms with van der Waals surface area (Å²) in [6.45, 7) is 9.40. The number of benzene rings is 1. The fraction of sp³-hybridized carbons (Fsp3) is 0.333. The molecule has 4 rings (SSSR count). The number of rotatable bonds is 6. The van der Waals surface area contributed by atoms with Crippen molar-refractivity contribution in [2.45, 2.75) is 34.2 Å². The number of likely N-dealkylation sites (N-methyl/N-ethyl adjacent to an activating group) is 1. The summed E-state index contributed by atoms with van der Waals surface area (Å²) in [5.74, 6) is -0.110. The second kappa shape index (κ2) is 8.45. The Morgan fingerprint density at radius 2 is 1.84 bits per heavy atom. The highest BCUT2D eigenvalue weighted by Gasteiger charge is 2.18. The highest BCUT2D eigenvalue weighted by atomic mass is 16.2. The number of fused-ring (bicyclic) bond motifs is 2. The highest BCUT2D eigenvalue weighted by Crippen LogP contribution is 2.25. The molecule has 0 saturated carbocycles. The first-order chi connectivity index (χ1) is 15.3. The van der Waals surface area contributed by atoms with Crippen molar-refractivity contribution in [2.75, 3.05) is 18.4 Å². The minimum absolute atomic E-state index is 0.0915. The van der Waals surface area contributed by atoms with Gasteiger partial charge in [-0.15, -0.1) is 0 Å². The number of amides is 2. The van der Waals surface area contributed by atoms with Gasteiger partial charge in [0, 0.05) is 48.6 Å². The van der Waals surface area contributed by atoms with Gasteiger partial charge in [0.25, 0.3) is 5.91 Å². The number of pyridine rings is 1. The Morgan fingerprint density at radius 1 is 1.09 bits per heavy atom. The van der Waals surface area contributed by atoms with Crippen LogP contribution in [0.1, 0.15) is 35.6 Å². The Balaban J connectivity index is 1.60. The number of hydrogen-bond donors (Lipinski definition) is 1. The van der Waals surface area contributed by atoms with Crippen molar-refractivity contribution >= 4 is 39.4 Å². The van der Waals surface area contributed by atoms with Crippen molar-refractivity contribution in [3.63, 3.8) is 0 Å². The van der Waals surface area contributed by atoms with E-state index in [1.807, 2.05) is 74.7 Å². The zero-order valence-corrected chi connectivity index (χ0v) is 19.1. The van der Waals surface area contributed by atoms with Gasteiger partial charge in [-0.05, 0) is 58.0 Å². The molecule has 1 aromatic carbocycles. The lowest BCUT2D eigenvalue weighted by Crippen LogP contribution is -2.33. The van der Waals surface area contributed by atoms with Crippen LogP contribution in [0, 0.1) is 13.8 Å². The van der Waals surface area contributed by atoms with Crippen LogP contribution in [0.2, 0.25) is 0 Å². The van der Waals surface area contributed by atoms with Gasteiger partial charge in [0.1, 0.15) is 6.54 Å². The Hall–Kier alpha value is -3.68. The van der Waals surface area contributed by atoms with E-state index in [4.69, 9.17) is 0 Å². The minimum Gasteiger partial charge on any atom is -0.342 e. The second-order valence-corrected chi connectivity index (χ2v) is 7.96. The van der Waals surface area contributed by atoms with Gasteiger partial charge < -0.3 is 14.8 Å². The molecule has 0 radical (unpaired) electrons. The molecule has 1 N–H and O–H groups in total. The molecule has 4 aromatic rings. The number of anilines is 1. The van der Waals surface area contributed by atoms with E-state index in [9.17, 15) is 9.59 Å². The molecule has 0 aliphatic heterocycles. The average molecular weight is 433 g/mol. The smallest absolute Gasteiger partial charge is 0.256 e. The molecule has 0 saturated heterocycles. The molecule has 0 bridgehead atoms. The van der Waals surface area contributed by atoms with Crippen LogP contribution < -0.4 is 5.32 Å². The zero-order chi connectivity index (χ0) is 23.0. The molecular formula is C24H28N6O2. The van der Waals surface area contributed by atoms with Gasteiger partial charge in [-0.3, -0.25) is 14.3 Å². The molecule has 8 nitrogen and oxygen atoms in total. The monoisotopic (exact) mass is 432 g/mol. The zero-order valence-electron chi connectivity index (χ0n) is 19.1. The van der Waals surface area contributed by atoms with E-state index in [0.29, 0.717) is 36.5 Å². The van der Waals surface area contributed by atoms with Crippen LogP contribution in [0.25, 0.3) is 21.9 Å². The van der Waals surface area contributed by atoms with Crippen molar-refractivity contribution in [1.29, 1.82) is 0 Å². The summed E-state index contributed by atoms with van der Waals surface area (Å²) >= 11 is 0. The molecule has 166 valence electrons. The molecule has 0 aliphatic rings. The van der Waals surface area contributed by atoms with Crippen molar-refractivity contribution in [2.24, 2.45) is 7.05 Å². The SMILES string of the molecule is CCN(CC)C(=O)Cn1ccc2cc(NC(=O)c3cc(C)nc4c3c(C)nn4C)ccc21. The van der Waals surface area contributed by atoms with Crippen LogP contribution >= 0.6 is 0 Å². The normalized spacial score (nSPS) is 11.3. The maximum Gasteiger partial charge on any atom is 0.256 e. The van der Waals surface area contributed by atoms with Crippen LogP contribution in [0.4, 0.5) is 5.69 Å². The van der Waals surface area contributed by atoms with E-state index >= 15 is 0 Å². The molecule has 8 heteroatoms. The molecule has 2 amide bonds. The summed E-state index contributed by atoms with van der Waals surface area (Å²) in [5, 5.41) is 9.14. The predicted octanol–water partition coefficient (Wildman–Crippen LogP) is 3.66. The number of nitrogens with zero attached hydrogens (tertiary/aromatic N) is 5. The summed E-state index contributed by atoms with van der Waals surface area (Å²) in [5.41, 5.74) is 4.42. The molecule has 3 heterocycles. The molecule has 0 unspecified atom stereocenters. The Morgan fingerprint density at radius 3 is 2.56 bits per heavy atom. The Kier molecular flexibility index (Phi) is 5.69. The van der Waals surface area contributed by atoms with Crippen LogP contribution in [-0.4, -0.2) is 49.1 Å². The summed E-state index contributed by atoms with van der Waals surface area (Å²) in [4.78, 5) is 32.0. The maximum absolute atomic E-state index is 13.1. The van der Waals surface area contributed by atoms with Crippen LogP contribution in [0.5, 0.6) is 0 Å².